The highest BCUT2D eigenvalue weighted by molar-refractivity contribution is 8.00. The molecule has 0 radical (unpaired) electrons. The lowest BCUT2D eigenvalue weighted by molar-refractivity contribution is -0.154. The summed E-state index contributed by atoms with van der Waals surface area (Å²) in [6.07, 6.45) is 3.84. The lowest BCUT2D eigenvalue weighted by Crippen LogP contribution is -2.50. The topological polar surface area (TPSA) is 35.5 Å². The molecule has 0 unspecified atom stereocenters. The Morgan fingerprint density at radius 1 is 1.24 bits per heavy atom. The van der Waals surface area contributed by atoms with Crippen molar-refractivity contribution >= 4 is 26.0 Å². The van der Waals surface area contributed by atoms with Crippen LogP contribution in [0.3, 0.4) is 0 Å². The molecule has 2 aliphatic rings. The van der Waals surface area contributed by atoms with Crippen molar-refractivity contribution in [1.29, 1.82) is 0 Å². The van der Waals surface area contributed by atoms with Gasteiger partial charge >= 0.3 is 5.97 Å². The van der Waals surface area contributed by atoms with Crippen LogP contribution < -0.4 is 0 Å². The number of rotatable bonds is 4. The zero-order valence-electron chi connectivity index (χ0n) is 16.0. The fraction of sp³-hybridized carbons (Fsp3) is 0.650. The van der Waals surface area contributed by atoms with Gasteiger partial charge in [0.1, 0.15) is 10.9 Å². The van der Waals surface area contributed by atoms with Crippen LogP contribution in [-0.2, 0) is 14.0 Å². The molecule has 3 rings (SSSR count). The number of hydrogen-bond acceptors (Lipinski definition) is 4. The highest BCUT2D eigenvalue weighted by atomic mass is 32.2. The Bertz CT molecular complexity index is 626. The number of benzene rings is 1. The van der Waals surface area contributed by atoms with Gasteiger partial charge in [-0.05, 0) is 49.5 Å². The predicted molar refractivity (Wildman–Crippen MR) is 105 cm³/mol. The molecule has 0 bridgehead atoms. The van der Waals surface area contributed by atoms with Crippen molar-refractivity contribution in [3.05, 3.63) is 30.3 Å². The van der Waals surface area contributed by atoms with Crippen molar-refractivity contribution < 1.29 is 14.0 Å². The number of carbonyl (C=O) groups is 1. The maximum atomic E-state index is 12.6. The van der Waals surface area contributed by atoms with E-state index in [0.717, 1.165) is 30.6 Å². The second kappa shape index (κ2) is 6.75. The summed E-state index contributed by atoms with van der Waals surface area (Å²) in [5, 5.41) is 0.0448. The molecule has 1 aliphatic carbocycles. The van der Waals surface area contributed by atoms with Gasteiger partial charge in [0, 0.05) is 11.3 Å². The van der Waals surface area contributed by atoms with E-state index in [1.54, 1.807) is 11.8 Å². The van der Waals surface area contributed by atoms with Crippen molar-refractivity contribution in [1.82, 2.24) is 0 Å². The Balaban J connectivity index is 1.74. The van der Waals surface area contributed by atoms with E-state index in [4.69, 9.17) is 9.16 Å². The standard InChI is InChI=1S/C20H30O3SSi/c1-19(2,3)25(4,5)23-17-12-9-13-20(17)14-16(18(21)22-20)24-15-10-7-6-8-11-15/h6-8,10-11,16-17H,9,12-14H2,1-5H3/t16-,17+,20+/m1/s1. The molecule has 1 saturated carbocycles. The van der Waals surface area contributed by atoms with Gasteiger partial charge in [-0.2, -0.15) is 0 Å². The third-order valence-corrected chi connectivity index (χ3v) is 11.7. The van der Waals surface area contributed by atoms with E-state index in [1.807, 2.05) is 18.2 Å². The molecule has 1 aromatic rings. The monoisotopic (exact) mass is 378 g/mol. The molecule has 1 saturated heterocycles. The van der Waals surface area contributed by atoms with Gasteiger partial charge in [-0.25, -0.2) is 0 Å². The normalized spacial score (nSPS) is 30.0. The van der Waals surface area contributed by atoms with Crippen LogP contribution in [0.2, 0.25) is 18.1 Å². The molecule has 25 heavy (non-hydrogen) atoms. The highest BCUT2D eigenvalue weighted by Crippen LogP contribution is 2.49. The Hall–Kier alpha value is -0.783. The smallest absolute Gasteiger partial charge is 0.320 e. The summed E-state index contributed by atoms with van der Waals surface area (Å²) in [6, 6.07) is 10.1. The quantitative estimate of drug-likeness (QED) is 0.518. The third kappa shape index (κ3) is 3.83. The zero-order chi connectivity index (χ0) is 18.3. The lowest BCUT2D eigenvalue weighted by atomic mass is 9.96. The summed E-state index contributed by atoms with van der Waals surface area (Å²) < 4.78 is 12.7. The first kappa shape index (κ1) is 19.0. The Morgan fingerprint density at radius 2 is 1.92 bits per heavy atom. The van der Waals surface area contributed by atoms with Crippen LogP contribution in [0.1, 0.15) is 46.5 Å². The van der Waals surface area contributed by atoms with Gasteiger partial charge in [0.25, 0.3) is 0 Å². The van der Waals surface area contributed by atoms with Gasteiger partial charge in [-0.15, -0.1) is 11.8 Å². The summed E-state index contributed by atoms with van der Waals surface area (Å²) in [6.45, 7) is 11.3. The first-order chi connectivity index (χ1) is 11.6. The van der Waals surface area contributed by atoms with Crippen molar-refractivity contribution in [2.75, 3.05) is 0 Å². The van der Waals surface area contributed by atoms with E-state index >= 15 is 0 Å². The number of hydrogen-bond donors (Lipinski definition) is 0. The van der Waals surface area contributed by atoms with Gasteiger partial charge in [-0.1, -0.05) is 39.0 Å². The SMILES string of the molecule is CC(C)(C)[Si](C)(C)O[C@H]1CCC[C@]12C[C@@H](Sc1ccccc1)C(=O)O2. The molecule has 2 fully saturated rings. The fourth-order valence-electron chi connectivity index (χ4n) is 3.52. The molecule has 1 aliphatic heterocycles. The first-order valence-electron chi connectivity index (χ1n) is 9.25. The zero-order valence-corrected chi connectivity index (χ0v) is 17.8. The summed E-state index contributed by atoms with van der Waals surface area (Å²) in [5.41, 5.74) is -0.404. The lowest BCUT2D eigenvalue weighted by Gasteiger charge is -2.42. The third-order valence-electron chi connectivity index (χ3n) is 6.02. The van der Waals surface area contributed by atoms with E-state index in [1.165, 1.54) is 0 Å². The molecule has 0 aromatic heterocycles. The summed E-state index contributed by atoms with van der Waals surface area (Å²) in [5.74, 6) is -0.0698. The summed E-state index contributed by atoms with van der Waals surface area (Å²) in [4.78, 5) is 13.7. The van der Waals surface area contributed by atoms with Gasteiger partial charge in [0.2, 0.25) is 0 Å². The van der Waals surface area contributed by atoms with Crippen LogP contribution in [0.25, 0.3) is 0 Å². The Kier molecular flexibility index (Phi) is 5.12. The average Bonchev–Trinajstić information content (AvgIpc) is 3.03. The first-order valence-corrected chi connectivity index (χ1v) is 13.0. The molecule has 5 heteroatoms. The van der Waals surface area contributed by atoms with E-state index < -0.39 is 13.9 Å². The minimum absolute atomic E-state index is 0.0544. The van der Waals surface area contributed by atoms with Gasteiger partial charge in [-0.3, -0.25) is 4.79 Å². The minimum atomic E-state index is -1.88. The number of carbonyl (C=O) groups excluding carboxylic acids is 1. The van der Waals surface area contributed by atoms with E-state index in [-0.39, 0.29) is 22.4 Å². The van der Waals surface area contributed by atoms with Crippen molar-refractivity contribution in [2.24, 2.45) is 0 Å². The van der Waals surface area contributed by atoms with Gasteiger partial charge in [0.15, 0.2) is 8.32 Å². The number of ether oxygens (including phenoxy) is 1. The van der Waals surface area contributed by atoms with Gasteiger partial charge < -0.3 is 9.16 Å². The van der Waals surface area contributed by atoms with Crippen LogP contribution in [0.5, 0.6) is 0 Å². The summed E-state index contributed by atoms with van der Waals surface area (Å²) in [7, 11) is -1.88. The van der Waals surface area contributed by atoms with Crippen molar-refractivity contribution in [2.45, 2.75) is 86.4 Å². The molecular formula is C20H30O3SSi. The Labute approximate surface area is 157 Å². The van der Waals surface area contributed by atoms with Crippen LogP contribution in [0, 0.1) is 0 Å². The molecule has 0 amide bonds. The molecule has 1 heterocycles. The number of esters is 1. The van der Waals surface area contributed by atoms with E-state index in [0.29, 0.717) is 0 Å². The average molecular weight is 379 g/mol. The molecule has 138 valence electrons. The minimum Gasteiger partial charge on any atom is -0.455 e. The number of thioether (sulfide) groups is 1. The second-order valence-corrected chi connectivity index (χ2v) is 14.9. The van der Waals surface area contributed by atoms with E-state index in [2.05, 4.69) is 46.0 Å². The molecule has 1 spiro atoms. The molecule has 3 atom stereocenters. The highest BCUT2D eigenvalue weighted by Gasteiger charge is 2.56. The maximum absolute atomic E-state index is 12.6. The largest absolute Gasteiger partial charge is 0.455 e. The molecule has 1 aromatic carbocycles. The van der Waals surface area contributed by atoms with Crippen molar-refractivity contribution in [3.63, 3.8) is 0 Å². The maximum Gasteiger partial charge on any atom is 0.320 e. The Morgan fingerprint density at radius 3 is 2.56 bits per heavy atom. The van der Waals surface area contributed by atoms with Crippen LogP contribution in [-0.4, -0.2) is 31.2 Å². The molecule has 0 N–H and O–H groups in total. The fourth-order valence-corrected chi connectivity index (χ4v) is 6.07. The van der Waals surface area contributed by atoms with Crippen LogP contribution >= 0.6 is 11.8 Å². The van der Waals surface area contributed by atoms with Gasteiger partial charge in [0.05, 0.1) is 6.10 Å². The summed E-state index contributed by atoms with van der Waals surface area (Å²) >= 11 is 1.63. The van der Waals surface area contributed by atoms with E-state index in [9.17, 15) is 4.79 Å². The predicted octanol–water partition coefficient (Wildman–Crippen LogP) is 5.41. The van der Waals surface area contributed by atoms with Crippen LogP contribution in [0.15, 0.2) is 35.2 Å². The molecule has 3 nitrogen and oxygen atoms in total. The van der Waals surface area contributed by atoms with Crippen LogP contribution in [0.4, 0.5) is 0 Å². The second-order valence-electron chi connectivity index (χ2n) is 8.87. The van der Waals surface area contributed by atoms with Crippen molar-refractivity contribution in [3.8, 4) is 0 Å². The molecular weight excluding hydrogens is 348 g/mol.